The van der Waals surface area contributed by atoms with E-state index < -0.39 is 29.6 Å². The first-order chi connectivity index (χ1) is 14.5. The van der Waals surface area contributed by atoms with Crippen LogP contribution in [0.4, 0.5) is 0 Å². The van der Waals surface area contributed by atoms with Crippen LogP contribution in [0.2, 0.25) is 0 Å². The van der Waals surface area contributed by atoms with Crippen LogP contribution in [0.3, 0.4) is 0 Å². The number of ether oxygens (including phenoxy) is 1. The number of imide groups is 1. The molecule has 2 aromatic carbocycles. The molecule has 2 heterocycles. The second kappa shape index (κ2) is 8.00. The van der Waals surface area contributed by atoms with Crippen molar-refractivity contribution in [3.63, 3.8) is 0 Å². The van der Waals surface area contributed by atoms with E-state index in [1.165, 1.54) is 12.5 Å². The smallest absolute Gasteiger partial charge is 0.357 e. The summed E-state index contributed by atoms with van der Waals surface area (Å²) < 4.78 is 4.64. The Labute approximate surface area is 175 Å². The Morgan fingerprint density at radius 1 is 1.00 bits per heavy atom. The van der Waals surface area contributed by atoms with Crippen molar-refractivity contribution in [1.29, 1.82) is 0 Å². The summed E-state index contributed by atoms with van der Waals surface area (Å²) in [6.07, 6.45) is 0.137. The Bertz CT molecular complexity index is 1120. The van der Waals surface area contributed by atoms with E-state index >= 15 is 0 Å². The summed E-state index contributed by atoms with van der Waals surface area (Å²) in [5.41, 5.74) is 1.33. The van der Waals surface area contributed by atoms with E-state index in [1.807, 2.05) is 30.3 Å². The van der Waals surface area contributed by atoms with E-state index in [0.717, 1.165) is 21.8 Å². The Balaban J connectivity index is 1.73. The second-order valence-electron chi connectivity index (χ2n) is 6.63. The maximum atomic E-state index is 13.4. The van der Waals surface area contributed by atoms with Gasteiger partial charge in [-0.05, 0) is 17.7 Å². The number of carbonyl (C=O) groups excluding carboxylic acids is 4. The maximum Gasteiger partial charge on any atom is 0.357 e. The summed E-state index contributed by atoms with van der Waals surface area (Å²) in [4.78, 5) is 56.1. The molecule has 7 nitrogen and oxygen atoms in total. The van der Waals surface area contributed by atoms with Gasteiger partial charge in [0.05, 0.1) is 18.2 Å². The number of benzene rings is 2. The molecule has 4 rings (SSSR count). The molecule has 2 amide bonds. The first-order valence-electron chi connectivity index (χ1n) is 9.10. The summed E-state index contributed by atoms with van der Waals surface area (Å²) in [5, 5.41) is 1.45. The van der Waals surface area contributed by atoms with Gasteiger partial charge in [0.2, 0.25) is 5.78 Å². The van der Waals surface area contributed by atoms with E-state index in [9.17, 15) is 19.2 Å². The van der Waals surface area contributed by atoms with Crippen molar-refractivity contribution in [1.82, 2.24) is 9.88 Å². The summed E-state index contributed by atoms with van der Waals surface area (Å²) in [5.74, 6) is -2.21. The van der Waals surface area contributed by atoms with Crippen molar-refractivity contribution in [3.8, 4) is 0 Å². The second-order valence-corrected chi connectivity index (χ2v) is 7.48. The number of hydrogen-bond acceptors (Lipinski definition) is 7. The van der Waals surface area contributed by atoms with Gasteiger partial charge in [-0.2, -0.15) is 0 Å². The van der Waals surface area contributed by atoms with Gasteiger partial charge in [-0.25, -0.2) is 9.78 Å². The van der Waals surface area contributed by atoms with Crippen LogP contribution < -0.4 is 0 Å². The van der Waals surface area contributed by atoms with Crippen molar-refractivity contribution in [2.45, 2.75) is 12.5 Å². The Hall–Kier alpha value is -3.65. The van der Waals surface area contributed by atoms with E-state index in [-0.39, 0.29) is 28.2 Å². The number of carbonyl (C=O) groups is 4. The molecule has 0 fully saturated rings. The normalized spacial score (nSPS) is 13.8. The van der Waals surface area contributed by atoms with Gasteiger partial charge in [0, 0.05) is 11.8 Å². The van der Waals surface area contributed by atoms with Crippen LogP contribution in [0.5, 0.6) is 0 Å². The standard InChI is InChI=1S/C22H16N2O5S/c1-29-22(28)16-12-30-19(23-16)18(25)17(11-13-7-3-2-4-8-13)24-20(26)14-9-5-6-10-15(14)21(24)27/h2-10,12,17H,11H2,1H3. The molecule has 0 saturated carbocycles. The highest BCUT2D eigenvalue weighted by molar-refractivity contribution is 7.12. The lowest BCUT2D eigenvalue weighted by Gasteiger charge is -2.24. The Morgan fingerprint density at radius 3 is 2.20 bits per heavy atom. The number of esters is 1. The summed E-state index contributed by atoms with van der Waals surface area (Å²) in [6.45, 7) is 0. The van der Waals surface area contributed by atoms with Crippen molar-refractivity contribution >= 4 is 34.9 Å². The highest BCUT2D eigenvalue weighted by atomic mass is 32.1. The number of Topliss-reactive ketones (excluding diaryl/α,β-unsaturated/α-hetero) is 1. The Kier molecular flexibility index (Phi) is 5.24. The molecular weight excluding hydrogens is 404 g/mol. The van der Waals surface area contributed by atoms with Crippen LogP contribution in [-0.4, -0.2) is 46.6 Å². The van der Waals surface area contributed by atoms with Crippen LogP contribution in [0.25, 0.3) is 0 Å². The quantitative estimate of drug-likeness (QED) is 0.346. The van der Waals surface area contributed by atoms with Crippen molar-refractivity contribution in [2.24, 2.45) is 0 Å². The molecule has 1 aliphatic heterocycles. The molecule has 0 spiro atoms. The third-order valence-electron chi connectivity index (χ3n) is 4.82. The number of aromatic nitrogens is 1. The van der Waals surface area contributed by atoms with E-state index in [0.29, 0.717) is 0 Å². The molecule has 30 heavy (non-hydrogen) atoms. The predicted molar refractivity (Wildman–Crippen MR) is 109 cm³/mol. The SMILES string of the molecule is COC(=O)c1csc(C(=O)C(Cc2ccccc2)N2C(=O)c3ccccc3C2=O)n1. The molecule has 8 heteroatoms. The highest BCUT2D eigenvalue weighted by Crippen LogP contribution is 2.28. The first-order valence-corrected chi connectivity index (χ1v) is 9.98. The molecule has 150 valence electrons. The number of methoxy groups -OCH3 is 1. The lowest BCUT2D eigenvalue weighted by atomic mass is 10.0. The van der Waals surface area contributed by atoms with Crippen LogP contribution >= 0.6 is 11.3 Å². The van der Waals surface area contributed by atoms with E-state index in [2.05, 4.69) is 9.72 Å². The molecule has 3 aromatic rings. The summed E-state index contributed by atoms with van der Waals surface area (Å²) >= 11 is 0.975. The molecule has 0 saturated heterocycles. The van der Waals surface area contributed by atoms with Gasteiger partial charge in [-0.15, -0.1) is 11.3 Å². The average Bonchev–Trinajstić information content (AvgIpc) is 3.36. The Morgan fingerprint density at radius 2 is 1.60 bits per heavy atom. The molecular formula is C22H16N2O5S. The minimum Gasteiger partial charge on any atom is -0.464 e. The molecule has 1 aliphatic rings. The van der Waals surface area contributed by atoms with Crippen LogP contribution in [0, 0.1) is 0 Å². The van der Waals surface area contributed by atoms with Crippen molar-refractivity contribution < 1.29 is 23.9 Å². The van der Waals surface area contributed by atoms with Gasteiger partial charge in [0.15, 0.2) is 10.7 Å². The number of fused-ring (bicyclic) bond motifs is 1. The van der Waals surface area contributed by atoms with Crippen LogP contribution in [0.1, 0.15) is 46.6 Å². The first kappa shape index (κ1) is 19.7. The van der Waals surface area contributed by atoms with E-state index in [1.54, 1.807) is 24.3 Å². The topological polar surface area (TPSA) is 93.6 Å². The largest absolute Gasteiger partial charge is 0.464 e. The van der Waals surface area contributed by atoms with Crippen molar-refractivity contribution in [2.75, 3.05) is 7.11 Å². The molecule has 0 aliphatic carbocycles. The lowest BCUT2D eigenvalue weighted by molar-refractivity contribution is 0.0537. The number of ketones is 1. The number of thiazole rings is 1. The number of amides is 2. The third-order valence-corrected chi connectivity index (χ3v) is 5.68. The van der Waals surface area contributed by atoms with Gasteiger partial charge < -0.3 is 4.74 Å². The fourth-order valence-electron chi connectivity index (χ4n) is 3.36. The number of hydrogen-bond donors (Lipinski definition) is 0. The van der Waals surface area contributed by atoms with Crippen LogP contribution in [0.15, 0.2) is 60.0 Å². The highest BCUT2D eigenvalue weighted by Gasteiger charge is 2.43. The fourth-order valence-corrected chi connectivity index (χ4v) is 4.13. The summed E-state index contributed by atoms with van der Waals surface area (Å²) in [7, 11) is 1.22. The van der Waals surface area contributed by atoms with Gasteiger partial charge in [0.25, 0.3) is 11.8 Å². The third kappa shape index (κ3) is 3.42. The number of rotatable bonds is 6. The van der Waals surface area contributed by atoms with E-state index in [4.69, 9.17) is 0 Å². The van der Waals surface area contributed by atoms with Crippen LogP contribution in [-0.2, 0) is 11.2 Å². The predicted octanol–water partition coefficient (Wildman–Crippen LogP) is 3.02. The molecule has 0 N–H and O–H groups in total. The molecule has 0 radical (unpaired) electrons. The molecule has 1 unspecified atom stereocenters. The number of nitrogens with zero attached hydrogens (tertiary/aromatic N) is 2. The monoisotopic (exact) mass is 420 g/mol. The zero-order chi connectivity index (χ0) is 21.3. The van der Waals surface area contributed by atoms with Gasteiger partial charge in [-0.1, -0.05) is 42.5 Å². The van der Waals surface area contributed by atoms with Gasteiger partial charge >= 0.3 is 5.97 Å². The average molecular weight is 420 g/mol. The molecule has 0 bridgehead atoms. The zero-order valence-electron chi connectivity index (χ0n) is 15.9. The maximum absolute atomic E-state index is 13.4. The molecule has 1 atom stereocenters. The van der Waals surface area contributed by atoms with Gasteiger partial charge in [0.1, 0.15) is 6.04 Å². The van der Waals surface area contributed by atoms with Crippen molar-refractivity contribution in [3.05, 3.63) is 87.4 Å². The zero-order valence-corrected chi connectivity index (χ0v) is 16.7. The summed E-state index contributed by atoms with van der Waals surface area (Å²) in [6, 6.07) is 14.5. The lowest BCUT2D eigenvalue weighted by Crippen LogP contribution is -2.46. The molecule has 1 aromatic heterocycles. The minimum absolute atomic E-state index is 0.00618. The van der Waals surface area contributed by atoms with Gasteiger partial charge in [-0.3, -0.25) is 19.3 Å². The minimum atomic E-state index is -1.09. The fraction of sp³-hybridized carbons (Fsp3) is 0.136.